The average Bonchev–Trinajstić information content (AvgIpc) is 2.56. The van der Waals surface area contributed by atoms with Gasteiger partial charge in [-0.25, -0.2) is 9.97 Å². The summed E-state index contributed by atoms with van der Waals surface area (Å²) < 4.78 is 0. The van der Waals surface area contributed by atoms with Crippen molar-refractivity contribution in [2.24, 2.45) is 0 Å². The molecule has 0 spiro atoms. The fraction of sp³-hybridized carbons (Fsp3) is 0.312. The molecule has 0 unspecified atom stereocenters. The van der Waals surface area contributed by atoms with Crippen LogP contribution in [0.2, 0.25) is 5.02 Å². The molecule has 0 bridgehead atoms. The van der Waals surface area contributed by atoms with E-state index in [1.807, 2.05) is 17.0 Å². The number of anilines is 2. The molecule has 0 aliphatic carbocycles. The molecule has 1 aliphatic heterocycles. The van der Waals surface area contributed by atoms with Crippen LogP contribution in [0.4, 0.5) is 11.5 Å². The van der Waals surface area contributed by atoms with Gasteiger partial charge in [0.15, 0.2) is 0 Å². The van der Waals surface area contributed by atoms with Gasteiger partial charge in [0, 0.05) is 36.9 Å². The van der Waals surface area contributed by atoms with E-state index < -0.39 is 0 Å². The predicted octanol–water partition coefficient (Wildman–Crippen LogP) is 2.26. The number of carbonyl (C=O) groups excluding carboxylic acids is 1. The van der Waals surface area contributed by atoms with Crippen LogP contribution in [-0.2, 0) is 0 Å². The zero-order chi connectivity index (χ0) is 16.2. The summed E-state index contributed by atoms with van der Waals surface area (Å²) in [6.45, 7) is 3.21. The fourth-order valence-electron chi connectivity index (χ4n) is 2.39. The zero-order valence-corrected chi connectivity index (χ0v) is 13.6. The summed E-state index contributed by atoms with van der Waals surface area (Å²) in [4.78, 5) is 24.9. The Kier molecular flexibility index (Phi) is 4.73. The maximum absolute atomic E-state index is 12.4. The Hall–Kier alpha value is -2.18. The standard InChI is InChI=1S/C16H18ClN5O/c1-21-5-7-22(8-6-21)16(23)14-10-19-15(11-18-14)20-13-4-2-3-12(17)9-13/h2-4,9-11H,5-8H2,1H3,(H,19,20). The molecule has 0 atom stereocenters. The molecule has 1 aliphatic rings. The van der Waals surface area contributed by atoms with Gasteiger partial charge < -0.3 is 15.1 Å². The molecule has 1 aromatic heterocycles. The lowest BCUT2D eigenvalue weighted by atomic mass is 10.3. The van der Waals surface area contributed by atoms with Crippen molar-refractivity contribution in [2.45, 2.75) is 0 Å². The van der Waals surface area contributed by atoms with Crippen LogP contribution >= 0.6 is 11.6 Å². The smallest absolute Gasteiger partial charge is 0.274 e. The second kappa shape index (κ2) is 6.93. The normalized spacial score (nSPS) is 15.5. The van der Waals surface area contributed by atoms with E-state index in [9.17, 15) is 4.79 Å². The van der Waals surface area contributed by atoms with Gasteiger partial charge in [0.1, 0.15) is 11.5 Å². The Morgan fingerprint density at radius 2 is 1.96 bits per heavy atom. The number of carbonyl (C=O) groups is 1. The second-order valence-corrected chi connectivity index (χ2v) is 5.95. The van der Waals surface area contributed by atoms with Crippen LogP contribution in [0.3, 0.4) is 0 Å². The third-order valence-corrected chi connectivity index (χ3v) is 3.99. The van der Waals surface area contributed by atoms with Crippen molar-refractivity contribution >= 4 is 29.0 Å². The Balaban J connectivity index is 1.66. The van der Waals surface area contributed by atoms with E-state index in [1.165, 1.54) is 6.20 Å². The molecule has 120 valence electrons. The highest BCUT2D eigenvalue weighted by atomic mass is 35.5. The van der Waals surface area contributed by atoms with Crippen LogP contribution in [-0.4, -0.2) is 58.9 Å². The number of likely N-dealkylation sites (N-methyl/N-ethyl adjacent to an activating group) is 1. The molecular formula is C16H18ClN5O. The van der Waals surface area contributed by atoms with Crippen molar-refractivity contribution in [1.82, 2.24) is 19.8 Å². The van der Waals surface area contributed by atoms with Crippen LogP contribution in [0.5, 0.6) is 0 Å². The number of piperazine rings is 1. The molecule has 0 saturated carbocycles. The topological polar surface area (TPSA) is 61.4 Å². The van der Waals surface area contributed by atoms with Gasteiger partial charge >= 0.3 is 0 Å². The quantitative estimate of drug-likeness (QED) is 0.934. The molecule has 23 heavy (non-hydrogen) atoms. The fourth-order valence-corrected chi connectivity index (χ4v) is 2.58. The third-order valence-electron chi connectivity index (χ3n) is 3.76. The van der Waals surface area contributed by atoms with Gasteiger partial charge in [-0.2, -0.15) is 0 Å². The first-order valence-electron chi connectivity index (χ1n) is 7.44. The summed E-state index contributed by atoms with van der Waals surface area (Å²) in [6.07, 6.45) is 3.07. The third kappa shape index (κ3) is 3.97. The van der Waals surface area contributed by atoms with Gasteiger partial charge in [0.25, 0.3) is 5.91 Å². The van der Waals surface area contributed by atoms with E-state index in [0.717, 1.165) is 31.9 Å². The van der Waals surface area contributed by atoms with E-state index in [0.29, 0.717) is 16.5 Å². The van der Waals surface area contributed by atoms with Crippen LogP contribution in [0.15, 0.2) is 36.7 Å². The van der Waals surface area contributed by atoms with Gasteiger partial charge in [-0.05, 0) is 25.2 Å². The number of hydrogen-bond acceptors (Lipinski definition) is 5. The largest absolute Gasteiger partial charge is 0.339 e. The number of hydrogen-bond donors (Lipinski definition) is 1. The summed E-state index contributed by atoms with van der Waals surface area (Å²) >= 11 is 5.94. The molecule has 0 radical (unpaired) electrons. The first kappa shape index (κ1) is 15.7. The van der Waals surface area contributed by atoms with E-state index in [2.05, 4.69) is 27.2 Å². The molecule has 3 rings (SSSR count). The number of rotatable bonds is 3. The molecule has 1 amide bonds. The monoisotopic (exact) mass is 331 g/mol. The minimum Gasteiger partial charge on any atom is -0.339 e. The number of aromatic nitrogens is 2. The molecule has 1 aromatic carbocycles. The molecule has 1 saturated heterocycles. The van der Waals surface area contributed by atoms with E-state index in [-0.39, 0.29) is 5.91 Å². The van der Waals surface area contributed by atoms with Crippen LogP contribution in [0.25, 0.3) is 0 Å². The number of nitrogens with one attached hydrogen (secondary N) is 1. The molecule has 1 fully saturated rings. The summed E-state index contributed by atoms with van der Waals surface area (Å²) in [5.41, 5.74) is 1.19. The van der Waals surface area contributed by atoms with E-state index >= 15 is 0 Å². The van der Waals surface area contributed by atoms with Crippen molar-refractivity contribution in [1.29, 1.82) is 0 Å². The number of halogens is 1. The summed E-state index contributed by atoms with van der Waals surface area (Å²) in [5, 5.41) is 3.75. The molecule has 2 heterocycles. The van der Waals surface area contributed by atoms with Gasteiger partial charge in [0.05, 0.1) is 12.4 Å². The first-order valence-corrected chi connectivity index (χ1v) is 7.82. The Labute approximate surface area is 140 Å². The Bertz CT molecular complexity index is 683. The highest BCUT2D eigenvalue weighted by Gasteiger charge is 2.21. The van der Waals surface area contributed by atoms with Crippen molar-refractivity contribution in [3.05, 3.63) is 47.4 Å². The van der Waals surface area contributed by atoms with Crippen molar-refractivity contribution in [3.63, 3.8) is 0 Å². The molecule has 7 heteroatoms. The summed E-state index contributed by atoms with van der Waals surface area (Å²) in [6, 6.07) is 7.34. The maximum Gasteiger partial charge on any atom is 0.274 e. The van der Waals surface area contributed by atoms with Crippen molar-refractivity contribution in [2.75, 3.05) is 38.5 Å². The molecular weight excluding hydrogens is 314 g/mol. The summed E-state index contributed by atoms with van der Waals surface area (Å²) in [5.74, 6) is 0.502. The number of benzene rings is 1. The second-order valence-electron chi connectivity index (χ2n) is 5.52. The van der Waals surface area contributed by atoms with Gasteiger partial charge in [0.2, 0.25) is 0 Å². The van der Waals surface area contributed by atoms with E-state index in [4.69, 9.17) is 11.6 Å². The van der Waals surface area contributed by atoms with Gasteiger partial charge in [-0.15, -0.1) is 0 Å². The summed E-state index contributed by atoms with van der Waals surface area (Å²) in [7, 11) is 2.05. The van der Waals surface area contributed by atoms with Crippen LogP contribution < -0.4 is 5.32 Å². The number of amides is 1. The molecule has 1 N–H and O–H groups in total. The maximum atomic E-state index is 12.4. The lowest BCUT2D eigenvalue weighted by Gasteiger charge is -2.32. The Morgan fingerprint density at radius 3 is 2.61 bits per heavy atom. The minimum atomic E-state index is -0.0695. The lowest BCUT2D eigenvalue weighted by molar-refractivity contribution is 0.0658. The minimum absolute atomic E-state index is 0.0695. The highest BCUT2D eigenvalue weighted by molar-refractivity contribution is 6.30. The molecule has 6 nitrogen and oxygen atoms in total. The van der Waals surface area contributed by atoms with E-state index in [1.54, 1.807) is 18.3 Å². The van der Waals surface area contributed by atoms with Crippen molar-refractivity contribution < 1.29 is 4.79 Å². The predicted molar refractivity (Wildman–Crippen MR) is 90.2 cm³/mol. The number of nitrogens with zero attached hydrogens (tertiary/aromatic N) is 4. The molecule has 2 aromatic rings. The van der Waals surface area contributed by atoms with Crippen LogP contribution in [0, 0.1) is 0 Å². The van der Waals surface area contributed by atoms with Gasteiger partial charge in [-0.3, -0.25) is 4.79 Å². The van der Waals surface area contributed by atoms with Gasteiger partial charge in [-0.1, -0.05) is 17.7 Å². The SMILES string of the molecule is CN1CCN(C(=O)c2cnc(Nc3cccc(Cl)c3)cn2)CC1. The highest BCUT2D eigenvalue weighted by Crippen LogP contribution is 2.18. The zero-order valence-electron chi connectivity index (χ0n) is 12.9. The first-order chi connectivity index (χ1) is 11.1. The Morgan fingerprint density at radius 1 is 1.17 bits per heavy atom. The van der Waals surface area contributed by atoms with Crippen LogP contribution in [0.1, 0.15) is 10.5 Å². The average molecular weight is 332 g/mol. The lowest BCUT2D eigenvalue weighted by Crippen LogP contribution is -2.47. The van der Waals surface area contributed by atoms with Crippen molar-refractivity contribution in [3.8, 4) is 0 Å².